The second kappa shape index (κ2) is 7.02. The van der Waals surface area contributed by atoms with Crippen molar-refractivity contribution in [2.24, 2.45) is 0 Å². The van der Waals surface area contributed by atoms with E-state index in [4.69, 9.17) is 11.6 Å². The topological polar surface area (TPSA) is 68.0 Å². The van der Waals surface area contributed by atoms with Gasteiger partial charge < -0.3 is 9.61 Å². The van der Waals surface area contributed by atoms with E-state index in [1.54, 1.807) is 12.1 Å². The molecule has 0 amide bonds. The van der Waals surface area contributed by atoms with Gasteiger partial charge in [-0.2, -0.15) is 13.8 Å². The van der Waals surface area contributed by atoms with Crippen LogP contribution in [0, 0.1) is 12.7 Å². The van der Waals surface area contributed by atoms with Gasteiger partial charge in [-0.25, -0.2) is 4.39 Å². The van der Waals surface area contributed by atoms with E-state index in [2.05, 4.69) is 19.8 Å². The van der Waals surface area contributed by atoms with Crippen LogP contribution >= 0.6 is 18.9 Å². The van der Waals surface area contributed by atoms with Gasteiger partial charge in [0.1, 0.15) is 5.82 Å². The third-order valence-electron chi connectivity index (χ3n) is 3.81. The first-order valence-corrected chi connectivity index (χ1v) is 10.2. The van der Waals surface area contributed by atoms with Crippen molar-refractivity contribution >= 4 is 29.9 Å². The molecule has 0 radical (unpaired) electrons. The minimum atomic E-state index is -3.82. The number of halogens is 4. The summed E-state index contributed by atoms with van der Waals surface area (Å²) < 4.78 is 58.0. The maximum absolute atomic E-state index is 14.6. The molecule has 1 aromatic heterocycles. The fourth-order valence-corrected chi connectivity index (χ4v) is 4.18. The molecule has 1 N–H and O–H groups in total. The molecule has 1 heterocycles. The van der Waals surface area contributed by atoms with Crippen LogP contribution in [0.3, 0.4) is 0 Å². The van der Waals surface area contributed by atoms with Crippen LogP contribution in [0.25, 0.3) is 11.4 Å². The van der Waals surface area contributed by atoms with E-state index in [1.165, 1.54) is 18.8 Å². The monoisotopic (exact) mass is 415 g/mol. The smallest absolute Gasteiger partial charge is 0.333 e. The molecule has 27 heavy (non-hydrogen) atoms. The van der Waals surface area contributed by atoms with Gasteiger partial charge in [0.25, 0.3) is 0 Å². The fraction of sp³-hybridized carbons (Fsp3) is 0.176. The van der Waals surface area contributed by atoms with Gasteiger partial charge in [-0.1, -0.05) is 29.4 Å². The Kier molecular flexibility index (Phi) is 5.06. The highest BCUT2D eigenvalue weighted by Gasteiger charge is 2.36. The highest BCUT2D eigenvalue weighted by molar-refractivity contribution is 7.72. The van der Waals surface area contributed by atoms with E-state index < -0.39 is 24.4 Å². The molecule has 1 atom stereocenters. The molecule has 0 saturated carbocycles. The number of hydrogen-bond donors (Lipinski definition) is 1. The van der Waals surface area contributed by atoms with Crippen LogP contribution in [0.4, 0.5) is 18.9 Å². The van der Waals surface area contributed by atoms with Crippen molar-refractivity contribution in [1.82, 2.24) is 10.1 Å². The molecule has 0 bridgehead atoms. The summed E-state index contributed by atoms with van der Waals surface area (Å²) in [6, 6.07) is 10.9. The first-order valence-electron chi connectivity index (χ1n) is 7.71. The normalized spacial score (nSPS) is 14.0. The molecule has 0 fully saturated rings. The zero-order valence-electron chi connectivity index (χ0n) is 14.2. The minimum absolute atomic E-state index is 0.0408. The van der Waals surface area contributed by atoms with E-state index in [-0.39, 0.29) is 16.7 Å². The molecule has 0 spiro atoms. The summed E-state index contributed by atoms with van der Waals surface area (Å²) in [5, 5.41) is 2.38. The van der Waals surface area contributed by atoms with Crippen molar-refractivity contribution in [3.63, 3.8) is 0 Å². The van der Waals surface area contributed by atoms with Crippen molar-refractivity contribution in [3.05, 3.63) is 59.7 Å². The zero-order chi connectivity index (χ0) is 19.8. The summed E-state index contributed by atoms with van der Waals surface area (Å²) >= 11 is 4.82. The lowest BCUT2D eigenvalue weighted by atomic mass is 10.2. The molecule has 142 valence electrons. The van der Waals surface area contributed by atoms with Crippen LogP contribution in [0.1, 0.15) is 11.5 Å². The Morgan fingerprint density at radius 1 is 1.22 bits per heavy atom. The summed E-state index contributed by atoms with van der Waals surface area (Å²) in [6.07, 6.45) is 0. The van der Waals surface area contributed by atoms with E-state index in [0.29, 0.717) is 5.69 Å². The molecule has 2 aromatic carbocycles. The summed E-state index contributed by atoms with van der Waals surface area (Å²) in [5.41, 5.74) is 1.57. The molecule has 0 aliphatic rings. The van der Waals surface area contributed by atoms with Gasteiger partial charge in [0.2, 0.25) is 5.82 Å². The third-order valence-corrected chi connectivity index (χ3v) is 5.92. The van der Waals surface area contributed by atoms with Gasteiger partial charge in [-0.15, -0.1) is 0 Å². The lowest BCUT2D eigenvalue weighted by Gasteiger charge is -2.19. The molecule has 0 aliphatic carbocycles. The Balaban J connectivity index is 1.91. The van der Waals surface area contributed by atoms with Crippen molar-refractivity contribution in [1.29, 1.82) is 0 Å². The predicted octanol–water partition coefficient (Wildman–Crippen LogP) is 5.12. The molecule has 10 heteroatoms. The number of anilines is 1. The van der Waals surface area contributed by atoms with Crippen molar-refractivity contribution in [2.75, 3.05) is 11.8 Å². The lowest BCUT2D eigenvalue weighted by Crippen LogP contribution is -2.15. The van der Waals surface area contributed by atoms with Gasteiger partial charge >= 0.3 is 11.3 Å². The molecular weight excluding hydrogens is 402 g/mol. The van der Waals surface area contributed by atoms with Gasteiger partial charge in [0, 0.05) is 17.9 Å². The highest BCUT2D eigenvalue weighted by Crippen LogP contribution is 2.42. The Labute approximate surface area is 158 Å². The molecule has 5 nitrogen and oxygen atoms in total. The molecule has 3 aromatic rings. The van der Waals surface area contributed by atoms with E-state index in [0.717, 1.165) is 11.6 Å². The second-order valence-corrected chi connectivity index (χ2v) is 8.97. The van der Waals surface area contributed by atoms with Crippen LogP contribution in [-0.4, -0.2) is 16.8 Å². The Bertz CT molecular complexity index is 1040. The van der Waals surface area contributed by atoms with Crippen molar-refractivity contribution < 1.29 is 22.3 Å². The quantitative estimate of drug-likeness (QED) is 0.463. The van der Waals surface area contributed by atoms with Crippen LogP contribution in [0.5, 0.6) is 0 Å². The predicted molar refractivity (Wildman–Crippen MR) is 97.4 cm³/mol. The molecule has 0 saturated heterocycles. The Hall–Kier alpha value is -2.31. The molecule has 0 aliphatic heterocycles. The minimum Gasteiger partial charge on any atom is -0.333 e. The van der Waals surface area contributed by atoms with E-state index in [9.17, 15) is 17.7 Å². The van der Waals surface area contributed by atoms with Crippen LogP contribution < -0.4 is 10.4 Å². The zero-order valence-corrected chi connectivity index (χ0v) is 15.9. The first kappa shape index (κ1) is 19.5. The van der Waals surface area contributed by atoms with Gasteiger partial charge in [-0.3, -0.25) is 4.57 Å². The summed E-state index contributed by atoms with van der Waals surface area (Å²) in [7, 11) is -3.29. The number of aromatic nitrogens is 2. The maximum atomic E-state index is 14.6. The SMILES string of the molecule is Cc1ccccc1NP(C)(=O)c1ccc(-c2noc(C(F)(F)Cl)n2)cc1F. The van der Waals surface area contributed by atoms with Crippen LogP contribution in [0.15, 0.2) is 47.0 Å². The molecule has 3 rings (SSSR count). The van der Waals surface area contributed by atoms with Crippen molar-refractivity contribution in [2.45, 2.75) is 12.3 Å². The van der Waals surface area contributed by atoms with Crippen LogP contribution in [0.2, 0.25) is 0 Å². The molecular formula is C17H14ClF3N3O2P. The van der Waals surface area contributed by atoms with Crippen molar-refractivity contribution in [3.8, 4) is 11.4 Å². The maximum Gasteiger partial charge on any atom is 0.400 e. The highest BCUT2D eigenvalue weighted by atomic mass is 35.5. The number of aryl methyl sites for hydroxylation is 1. The van der Waals surface area contributed by atoms with E-state index in [1.807, 2.05) is 19.1 Å². The van der Waals surface area contributed by atoms with Crippen LogP contribution in [-0.2, 0) is 9.95 Å². The fourth-order valence-electron chi connectivity index (χ4n) is 2.44. The largest absolute Gasteiger partial charge is 0.400 e. The second-order valence-electron chi connectivity index (χ2n) is 5.94. The van der Waals surface area contributed by atoms with Gasteiger partial charge in [0.05, 0.1) is 5.30 Å². The summed E-state index contributed by atoms with van der Waals surface area (Å²) in [6.45, 7) is 3.24. The number of para-hydroxylation sites is 1. The standard InChI is InChI=1S/C17H14ClF3N3O2P/c1-10-5-3-4-6-13(10)24-27(2,25)14-8-7-11(9-12(14)19)15-22-16(26-23-15)17(18,20)21/h3-9H,1-2H3,(H,24,25). The summed E-state index contributed by atoms with van der Waals surface area (Å²) in [4.78, 5) is 3.45. The van der Waals surface area contributed by atoms with Gasteiger partial charge in [-0.05, 0) is 42.3 Å². The average molecular weight is 416 g/mol. The lowest BCUT2D eigenvalue weighted by molar-refractivity contribution is 0.0551. The number of rotatable bonds is 5. The number of hydrogen-bond acceptors (Lipinski definition) is 4. The number of nitrogens with one attached hydrogen (secondary N) is 1. The number of benzene rings is 2. The van der Waals surface area contributed by atoms with E-state index >= 15 is 0 Å². The molecule has 1 unspecified atom stereocenters. The Morgan fingerprint density at radius 2 is 1.93 bits per heavy atom. The third kappa shape index (κ3) is 4.17. The number of alkyl halides is 3. The first-order chi connectivity index (χ1) is 12.6. The average Bonchev–Trinajstić information content (AvgIpc) is 3.07. The van der Waals surface area contributed by atoms with Gasteiger partial charge in [0.15, 0.2) is 7.29 Å². The number of nitrogens with zero attached hydrogens (tertiary/aromatic N) is 2. The summed E-state index contributed by atoms with van der Waals surface area (Å²) in [5.74, 6) is -2.14. The Morgan fingerprint density at radius 3 is 2.52 bits per heavy atom.